The summed E-state index contributed by atoms with van der Waals surface area (Å²) in [7, 11) is 1.44. The van der Waals surface area contributed by atoms with Gasteiger partial charge in [-0.3, -0.25) is 4.79 Å². The molecule has 0 amide bonds. The van der Waals surface area contributed by atoms with Gasteiger partial charge in [-0.25, -0.2) is 9.59 Å². The molecule has 0 spiro atoms. The Bertz CT molecular complexity index is 1850. The van der Waals surface area contributed by atoms with Crippen LogP contribution in [-0.2, 0) is 10.9 Å². The fourth-order valence-electron chi connectivity index (χ4n) is 4.01. The van der Waals surface area contributed by atoms with E-state index in [1.807, 2.05) is 6.92 Å². The molecule has 2 aromatic heterocycles. The molecule has 9 nitrogen and oxygen atoms in total. The number of fused-ring (bicyclic) bond motifs is 2. The average molecular weight is 582 g/mol. The van der Waals surface area contributed by atoms with Crippen LogP contribution in [0.4, 0.5) is 13.2 Å². The molecule has 0 radical (unpaired) electrons. The van der Waals surface area contributed by atoms with Crippen molar-refractivity contribution >= 4 is 33.9 Å². The molecule has 0 saturated carbocycles. The predicted octanol–water partition coefficient (Wildman–Crippen LogP) is 7.14. The van der Waals surface area contributed by atoms with Gasteiger partial charge in [-0.15, -0.1) is 0 Å². The normalized spacial score (nSPS) is 11.5. The molecule has 0 aliphatic heterocycles. The Morgan fingerprint density at radius 1 is 0.905 bits per heavy atom. The summed E-state index contributed by atoms with van der Waals surface area (Å²) in [5.74, 6) is -4.48. The van der Waals surface area contributed by atoms with E-state index >= 15 is 0 Å². The second kappa shape index (κ2) is 11.3. The van der Waals surface area contributed by atoms with Gasteiger partial charge in [0.15, 0.2) is 11.3 Å². The largest absolute Gasteiger partial charge is 0.493 e. The number of para-hydroxylation sites is 1. The van der Waals surface area contributed by atoms with Crippen molar-refractivity contribution in [1.29, 1.82) is 0 Å². The van der Waals surface area contributed by atoms with Crippen molar-refractivity contribution in [2.75, 3.05) is 13.7 Å². The molecule has 0 unspecified atom stereocenters. The number of hydrogen-bond donors (Lipinski definition) is 0. The Hall–Kier alpha value is -5.26. The minimum absolute atomic E-state index is 0.146. The van der Waals surface area contributed by atoms with Crippen molar-refractivity contribution in [3.8, 4) is 23.0 Å². The van der Waals surface area contributed by atoms with Gasteiger partial charge in [-0.2, -0.15) is 13.2 Å². The van der Waals surface area contributed by atoms with Crippen LogP contribution in [0.15, 0.2) is 80.4 Å². The molecule has 42 heavy (non-hydrogen) atoms. The number of carbonyl (C=O) groups excluding carboxylic acids is 2. The number of carbonyl (C=O) groups is 2. The minimum Gasteiger partial charge on any atom is -0.493 e. The third-order valence-electron chi connectivity index (χ3n) is 5.97. The third kappa shape index (κ3) is 5.64. The first-order valence-corrected chi connectivity index (χ1v) is 12.5. The number of rotatable bonds is 8. The Kier molecular flexibility index (Phi) is 7.62. The molecule has 5 aromatic rings. The number of furan rings is 1. The zero-order valence-electron chi connectivity index (χ0n) is 22.1. The summed E-state index contributed by atoms with van der Waals surface area (Å²) in [5.41, 5.74) is -1.14. The molecular weight excluding hydrogens is 561 g/mol. The number of hydrogen-bond acceptors (Lipinski definition) is 9. The monoisotopic (exact) mass is 582 g/mol. The van der Waals surface area contributed by atoms with E-state index in [1.165, 1.54) is 43.5 Å². The number of esters is 2. The molecule has 12 heteroatoms. The molecular formula is C30H21F3O9. The van der Waals surface area contributed by atoms with Crippen LogP contribution in [0.3, 0.4) is 0 Å². The molecule has 3 aromatic carbocycles. The number of alkyl halides is 3. The summed E-state index contributed by atoms with van der Waals surface area (Å²) in [4.78, 5) is 37.8. The SMILES string of the molecule is CCCOC(=O)c1ccc(Oc2c(C(F)(F)F)oc3cc(OC(=O)c4cc5cccc(OC)c5o4)ccc3c2=O)cc1. The quantitative estimate of drug-likeness (QED) is 0.139. The van der Waals surface area contributed by atoms with Crippen LogP contribution in [0, 0.1) is 0 Å². The number of ether oxygens (including phenoxy) is 4. The van der Waals surface area contributed by atoms with Crippen LogP contribution in [0.5, 0.6) is 23.0 Å². The molecule has 0 atom stereocenters. The summed E-state index contributed by atoms with van der Waals surface area (Å²) in [6, 6.07) is 14.8. The second-order valence-electron chi connectivity index (χ2n) is 8.89. The first-order valence-electron chi connectivity index (χ1n) is 12.5. The molecule has 2 heterocycles. The lowest BCUT2D eigenvalue weighted by Crippen LogP contribution is -2.15. The van der Waals surface area contributed by atoms with Gasteiger partial charge < -0.3 is 27.8 Å². The number of halogens is 3. The van der Waals surface area contributed by atoms with Crippen LogP contribution < -0.4 is 19.6 Å². The van der Waals surface area contributed by atoms with Crippen LogP contribution in [0.2, 0.25) is 0 Å². The maximum Gasteiger partial charge on any atom is 0.453 e. The Morgan fingerprint density at radius 2 is 1.64 bits per heavy atom. The predicted molar refractivity (Wildman–Crippen MR) is 142 cm³/mol. The number of benzene rings is 3. The minimum atomic E-state index is -5.12. The van der Waals surface area contributed by atoms with Crippen LogP contribution in [-0.4, -0.2) is 25.7 Å². The Morgan fingerprint density at radius 3 is 2.33 bits per heavy atom. The van der Waals surface area contributed by atoms with Gasteiger partial charge in [-0.05, 0) is 55.0 Å². The highest BCUT2D eigenvalue weighted by Gasteiger charge is 2.40. The zero-order valence-corrected chi connectivity index (χ0v) is 22.1. The molecule has 0 fully saturated rings. The molecule has 0 aliphatic carbocycles. The smallest absolute Gasteiger partial charge is 0.453 e. The van der Waals surface area contributed by atoms with Crippen molar-refractivity contribution in [3.63, 3.8) is 0 Å². The maximum atomic E-state index is 14.0. The fraction of sp³-hybridized carbons (Fsp3) is 0.167. The van der Waals surface area contributed by atoms with E-state index in [0.717, 1.165) is 12.1 Å². The third-order valence-corrected chi connectivity index (χ3v) is 5.97. The second-order valence-corrected chi connectivity index (χ2v) is 8.89. The van der Waals surface area contributed by atoms with E-state index in [1.54, 1.807) is 18.2 Å². The summed E-state index contributed by atoms with van der Waals surface area (Å²) < 4.78 is 73.3. The first kappa shape index (κ1) is 28.3. The van der Waals surface area contributed by atoms with Crippen molar-refractivity contribution < 1.29 is 50.5 Å². The average Bonchev–Trinajstić information content (AvgIpc) is 3.42. The van der Waals surface area contributed by atoms with E-state index in [-0.39, 0.29) is 34.8 Å². The summed E-state index contributed by atoms with van der Waals surface area (Å²) in [6.45, 7) is 2.03. The first-order chi connectivity index (χ1) is 20.1. The Balaban J connectivity index is 1.44. The van der Waals surface area contributed by atoms with Gasteiger partial charge in [0.2, 0.25) is 16.9 Å². The number of methoxy groups -OCH3 is 1. The lowest BCUT2D eigenvalue weighted by molar-refractivity contribution is -0.154. The topological polar surface area (TPSA) is 114 Å². The highest BCUT2D eigenvalue weighted by molar-refractivity contribution is 5.95. The van der Waals surface area contributed by atoms with Crippen LogP contribution >= 0.6 is 0 Å². The van der Waals surface area contributed by atoms with Gasteiger partial charge in [0, 0.05) is 11.5 Å². The zero-order chi connectivity index (χ0) is 30.0. The van der Waals surface area contributed by atoms with E-state index in [9.17, 15) is 27.6 Å². The maximum absolute atomic E-state index is 14.0. The lowest BCUT2D eigenvalue weighted by Gasteiger charge is -2.14. The molecule has 0 N–H and O–H groups in total. The lowest BCUT2D eigenvalue weighted by atomic mass is 10.2. The van der Waals surface area contributed by atoms with Gasteiger partial charge >= 0.3 is 18.1 Å². The van der Waals surface area contributed by atoms with Gasteiger partial charge in [-0.1, -0.05) is 19.1 Å². The van der Waals surface area contributed by atoms with E-state index in [4.69, 9.17) is 27.8 Å². The standard InChI is InChI=1S/C30H21F3O9/c1-3-13-38-28(35)16-7-9-18(10-8-16)39-26-24(34)20-12-11-19(15-22(20)42-27(26)30(31,32)33)40-29(36)23-14-17-5-4-6-21(37-2)25(17)41-23/h4-12,14-15H,3,13H2,1-2H3. The van der Waals surface area contributed by atoms with Gasteiger partial charge in [0.1, 0.15) is 17.1 Å². The molecule has 5 rings (SSSR count). The van der Waals surface area contributed by atoms with Crippen LogP contribution in [0.1, 0.15) is 40.0 Å². The highest BCUT2D eigenvalue weighted by Crippen LogP contribution is 2.39. The summed E-state index contributed by atoms with van der Waals surface area (Å²) in [6.07, 6.45) is -4.50. The highest BCUT2D eigenvalue weighted by atomic mass is 19.4. The molecule has 216 valence electrons. The summed E-state index contributed by atoms with van der Waals surface area (Å²) in [5, 5.41) is 0.310. The van der Waals surface area contributed by atoms with Crippen molar-refractivity contribution in [3.05, 3.63) is 94.0 Å². The van der Waals surface area contributed by atoms with E-state index in [2.05, 4.69) is 0 Å². The van der Waals surface area contributed by atoms with Gasteiger partial charge in [0.05, 0.1) is 24.7 Å². The van der Waals surface area contributed by atoms with E-state index in [0.29, 0.717) is 23.1 Å². The van der Waals surface area contributed by atoms with Crippen molar-refractivity contribution in [2.45, 2.75) is 19.5 Å². The molecule has 0 bridgehead atoms. The van der Waals surface area contributed by atoms with Crippen LogP contribution in [0.25, 0.3) is 21.9 Å². The van der Waals surface area contributed by atoms with E-state index < -0.39 is 40.6 Å². The van der Waals surface area contributed by atoms with Crippen molar-refractivity contribution in [1.82, 2.24) is 0 Å². The molecule has 0 saturated heterocycles. The fourth-order valence-corrected chi connectivity index (χ4v) is 4.01. The molecule has 0 aliphatic rings. The van der Waals surface area contributed by atoms with Crippen molar-refractivity contribution in [2.24, 2.45) is 0 Å². The van der Waals surface area contributed by atoms with Gasteiger partial charge in [0.25, 0.3) is 5.76 Å². The Labute approximate surface area is 234 Å². The summed E-state index contributed by atoms with van der Waals surface area (Å²) >= 11 is 0.